The molecule has 0 N–H and O–H groups in total. The van der Waals surface area contributed by atoms with Gasteiger partial charge in [0.05, 0.1) is 10.8 Å². The van der Waals surface area contributed by atoms with E-state index < -0.39 is 10.8 Å². The van der Waals surface area contributed by atoms with Gasteiger partial charge in [-0.1, -0.05) is 265 Å². The van der Waals surface area contributed by atoms with Gasteiger partial charge < -0.3 is 0 Å². The van der Waals surface area contributed by atoms with Crippen molar-refractivity contribution in [3.05, 3.63) is 273 Å². The summed E-state index contributed by atoms with van der Waals surface area (Å²) in [5, 5.41) is 5.19. The summed E-state index contributed by atoms with van der Waals surface area (Å²) in [5.74, 6) is 0. The van der Waals surface area contributed by atoms with E-state index in [-0.39, 0.29) is 21.7 Å². The van der Waals surface area contributed by atoms with E-state index in [2.05, 4.69) is 290 Å². The Labute approximate surface area is 447 Å². The molecule has 75 heavy (non-hydrogen) atoms. The summed E-state index contributed by atoms with van der Waals surface area (Å²) in [6.07, 6.45) is 0. The van der Waals surface area contributed by atoms with Gasteiger partial charge in [0.2, 0.25) is 0 Å². The third-order valence-electron chi connectivity index (χ3n) is 17.5. The topological polar surface area (TPSA) is 0 Å². The average molecular weight is 973 g/mol. The van der Waals surface area contributed by atoms with Crippen LogP contribution in [0.15, 0.2) is 200 Å². The maximum absolute atomic E-state index is 2.68. The summed E-state index contributed by atoms with van der Waals surface area (Å²) in [6, 6.07) is 79.1. The monoisotopic (exact) mass is 973 g/mol. The fraction of sp³-hybridized carbons (Fsp3) is 0.253. The minimum atomic E-state index is -0.688. The standard InChI is InChI=1S/C75H72/c1-47-26-43-60-62-45-66-63(46-65(62)74(64-25-19-24-57(47)68(60)64,53-35-27-49(28-36-53)70(2,3)4)54-37-29-50(30-38-54)71(5,6)7)69-59-23-18-17-22-58(59)61(48-20-15-14-16-21-48)44-67(69)75(66,55-39-31-51(32-40-55)72(8,9)10)56-41-33-52(34-42-56)73(11,12)13/h14-46H,1-13H3. The number of hydrogen-bond acceptors (Lipinski definition) is 0. The van der Waals surface area contributed by atoms with Crippen molar-refractivity contribution in [3.8, 4) is 33.4 Å². The SMILES string of the molecule is Cc1ccc2c3c(cccc13)C(c1ccc(C(C)(C)C)cc1)(c1ccc(C(C)(C)C)cc1)c1cc3c(cc1-2)C(c1ccc(C(C)(C)C)cc1)(c1ccc(C(C)(C)C)cc1)c1cc(-c2ccccc2)c2ccccc2c1-3. The molecular weight excluding hydrogens is 901 g/mol. The van der Waals surface area contributed by atoms with Crippen LogP contribution in [0.3, 0.4) is 0 Å². The molecule has 0 radical (unpaired) electrons. The molecule has 0 saturated heterocycles. The van der Waals surface area contributed by atoms with Crippen LogP contribution in [0.1, 0.15) is 155 Å². The largest absolute Gasteiger partial charge is 0.0714 e. The fourth-order valence-electron chi connectivity index (χ4n) is 13.3. The predicted octanol–water partition coefficient (Wildman–Crippen LogP) is 19.9. The third kappa shape index (κ3) is 7.37. The van der Waals surface area contributed by atoms with E-state index in [1.165, 1.54) is 127 Å². The molecule has 0 amide bonds. The summed E-state index contributed by atoms with van der Waals surface area (Å²) in [4.78, 5) is 0. The Bertz CT molecular complexity index is 3740. The van der Waals surface area contributed by atoms with E-state index in [0.29, 0.717) is 0 Å². The lowest BCUT2D eigenvalue weighted by Crippen LogP contribution is -2.35. The van der Waals surface area contributed by atoms with E-state index in [1.54, 1.807) is 0 Å². The van der Waals surface area contributed by atoms with Crippen LogP contribution in [-0.4, -0.2) is 0 Å². The molecule has 0 saturated carbocycles. The molecule has 0 fully saturated rings. The van der Waals surface area contributed by atoms with E-state index in [4.69, 9.17) is 0 Å². The summed E-state index contributed by atoms with van der Waals surface area (Å²) < 4.78 is 0. The third-order valence-corrected chi connectivity index (χ3v) is 17.5. The molecule has 0 atom stereocenters. The van der Waals surface area contributed by atoms with Gasteiger partial charge in [-0.15, -0.1) is 0 Å². The lowest BCUT2D eigenvalue weighted by atomic mass is 9.58. The highest BCUT2D eigenvalue weighted by Gasteiger charge is 2.51. The highest BCUT2D eigenvalue weighted by molar-refractivity contribution is 6.12. The first-order chi connectivity index (χ1) is 35.6. The Morgan fingerprint density at radius 3 is 1.13 bits per heavy atom. The fourth-order valence-corrected chi connectivity index (χ4v) is 13.3. The average Bonchev–Trinajstić information content (AvgIpc) is 3.69. The zero-order valence-corrected chi connectivity index (χ0v) is 46.6. The molecule has 0 aromatic heterocycles. The van der Waals surface area contributed by atoms with Crippen molar-refractivity contribution in [2.75, 3.05) is 0 Å². The molecule has 0 bridgehead atoms. The molecule has 12 rings (SSSR count). The van der Waals surface area contributed by atoms with Gasteiger partial charge in [0.25, 0.3) is 0 Å². The van der Waals surface area contributed by atoms with Crippen LogP contribution in [0.2, 0.25) is 0 Å². The highest BCUT2D eigenvalue weighted by Crippen LogP contribution is 2.64. The van der Waals surface area contributed by atoms with Crippen LogP contribution in [-0.2, 0) is 32.5 Å². The highest BCUT2D eigenvalue weighted by atomic mass is 14.5. The Kier molecular flexibility index (Phi) is 10.9. The molecule has 0 nitrogen and oxygen atoms in total. The van der Waals surface area contributed by atoms with Crippen molar-refractivity contribution < 1.29 is 0 Å². The van der Waals surface area contributed by atoms with Crippen molar-refractivity contribution in [2.24, 2.45) is 0 Å². The van der Waals surface area contributed by atoms with Gasteiger partial charge in [0, 0.05) is 0 Å². The van der Waals surface area contributed by atoms with Gasteiger partial charge in [0.1, 0.15) is 0 Å². The van der Waals surface area contributed by atoms with Crippen molar-refractivity contribution in [2.45, 2.75) is 122 Å². The normalized spacial score (nSPS) is 14.7. The molecule has 10 aromatic carbocycles. The first-order valence-corrected chi connectivity index (χ1v) is 27.4. The number of rotatable bonds is 5. The van der Waals surface area contributed by atoms with Crippen LogP contribution in [0.25, 0.3) is 54.9 Å². The number of hydrogen-bond donors (Lipinski definition) is 0. The summed E-state index contributed by atoms with van der Waals surface area (Å²) >= 11 is 0. The van der Waals surface area contributed by atoms with Crippen LogP contribution in [0.4, 0.5) is 0 Å². The molecule has 372 valence electrons. The Balaban J connectivity index is 1.31. The van der Waals surface area contributed by atoms with Gasteiger partial charge in [-0.3, -0.25) is 0 Å². The lowest BCUT2D eigenvalue weighted by molar-refractivity contribution is 0.588. The van der Waals surface area contributed by atoms with E-state index in [1.807, 2.05) is 0 Å². The van der Waals surface area contributed by atoms with Gasteiger partial charge in [-0.05, 0) is 174 Å². The quantitative estimate of drug-likeness (QED) is 0.161. The first kappa shape index (κ1) is 48.6. The number of benzene rings is 10. The zero-order chi connectivity index (χ0) is 52.6. The summed E-state index contributed by atoms with van der Waals surface area (Å²) in [5.41, 5.74) is 23.3. The second-order valence-corrected chi connectivity index (χ2v) is 26.2. The van der Waals surface area contributed by atoms with Crippen LogP contribution >= 0.6 is 0 Å². The summed E-state index contributed by atoms with van der Waals surface area (Å²) in [7, 11) is 0. The maximum Gasteiger partial charge on any atom is 0.0714 e. The van der Waals surface area contributed by atoms with E-state index >= 15 is 0 Å². The first-order valence-electron chi connectivity index (χ1n) is 27.4. The zero-order valence-electron chi connectivity index (χ0n) is 46.6. The molecule has 2 aliphatic carbocycles. The molecule has 0 spiro atoms. The van der Waals surface area contributed by atoms with Crippen molar-refractivity contribution in [3.63, 3.8) is 0 Å². The lowest BCUT2D eigenvalue weighted by Gasteiger charge is -2.43. The number of fused-ring (bicyclic) bond motifs is 7. The molecule has 0 unspecified atom stereocenters. The van der Waals surface area contributed by atoms with Crippen molar-refractivity contribution in [1.82, 2.24) is 0 Å². The Morgan fingerprint density at radius 1 is 0.280 bits per heavy atom. The molecule has 2 aliphatic rings. The smallest absolute Gasteiger partial charge is 0.0622 e. The molecular formula is C75H72. The van der Waals surface area contributed by atoms with Crippen molar-refractivity contribution in [1.29, 1.82) is 0 Å². The molecule has 0 aliphatic heterocycles. The second kappa shape index (κ2) is 16.9. The van der Waals surface area contributed by atoms with Gasteiger partial charge in [-0.2, -0.15) is 0 Å². The number of aryl methyl sites for hydroxylation is 1. The minimum Gasteiger partial charge on any atom is -0.0622 e. The minimum absolute atomic E-state index is 0.00204. The second-order valence-electron chi connectivity index (χ2n) is 26.2. The molecule has 0 heteroatoms. The van der Waals surface area contributed by atoms with Crippen LogP contribution < -0.4 is 0 Å². The van der Waals surface area contributed by atoms with E-state index in [0.717, 1.165) is 0 Å². The van der Waals surface area contributed by atoms with E-state index in [9.17, 15) is 0 Å². The van der Waals surface area contributed by atoms with Crippen LogP contribution in [0, 0.1) is 6.92 Å². The van der Waals surface area contributed by atoms with Gasteiger partial charge in [-0.25, -0.2) is 0 Å². The van der Waals surface area contributed by atoms with Gasteiger partial charge in [0.15, 0.2) is 0 Å². The predicted molar refractivity (Wildman–Crippen MR) is 321 cm³/mol. The van der Waals surface area contributed by atoms with Crippen molar-refractivity contribution >= 4 is 21.5 Å². The van der Waals surface area contributed by atoms with Gasteiger partial charge >= 0.3 is 0 Å². The molecule has 10 aromatic rings. The maximum atomic E-state index is 2.68. The summed E-state index contributed by atoms with van der Waals surface area (Å²) in [6.45, 7) is 30.2. The van der Waals surface area contributed by atoms with Crippen LogP contribution in [0.5, 0.6) is 0 Å². The Hall–Kier alpha value is -7.28. The Morgan fingerprint density at radius 2 is 0.667 bits per heavy atom. The molecule has 0 heterocycles.